The Kier molecular flexibility index (Phi) is 3.14. The molecule has 0 aliphatic heterocycles. The van der Waals surface area contributed by atoms with Gasteiger partial charge in [0, 0.05) is 0 Å². The zero-order chi connectivity index (χ0) is 12.7. The van der Waals surface area contributed by atoms with E-state index in [2.05, 4.69) is 49.4 Å². The van der Waals surface area contributed by atoms with Crippen LogP contribution in [0.5, 0.6) is 0 Å². The quantitative estimate of drug-likeness (QED) is 0.635. The van der Waals surface area contributed by atoms with Gasteiger partial charge in [-0.3, -0.25) is 0 Å². The molecule has 2 rings (SSSR count). The molecule has 0 unspecified atom stereocenters. The molecular weight excluding hydrogens is 250 g/mol. The minimum Gasteiger partial charge on any atom is -0.186 e. The number of hydrogen-bond donors (Lipinski definition) is 1. The van der Waals surface area contributed by atoms with Gasteiger partial charge in [-0.25, -0.2) is 0 Å². The topological polar surface area (TPSA) is 32.6 Å². The Hall–Kier alpha value is -1.07. The maximum Gasteiger partial charge on any atom is 0.413 e. The summed E-state index contributed by atoms with van der Waals surface area (Å²) in [5.41, 5.74) is 6.44. The number of pyridine rings is 1. The van der Waals surface area contributed by atoms with Gasteiger partial charge in [-0.1, -0.05) is 0 Å². The summed E-state index contributed by atoms with van der Waals surface area (Å²) in [6.45, 7) is 10.7. The molecule has 90 valence electrons. The smallest absolute Gasteiger partial charge is 0.186 e. The highest BCUT2D eigenvalue weighted by Gasteiger charge is 2.21. The molecule has 0 spiro atoms. The maximum atomic E-state index is 5.10. The van der Waals surface area contributed by atoms with Crippen molar-refractivity contribution in [3.05, 3.63) is 32.0 Å². The molecule has 2 aromatic heterocycles. The van der Waals surface area contributed by atoms with Crippen molar-refractivity contribution in [2.45, 2.75) is 34.6 Å². The molecule has 0 aromatic carbocycles. The molecule has 3 nitrogen and oxygen atoms in total. The third-order valence-corrected chi connectivity index (χ3v) is 4.57. The van der Waals surface area contributed by atoms with E-state index in [9.17, 15) is 0 Å². The molecule has 0 fully saturated rings. The fraction of sp³-hybridized carbons (Fsp3) is 0.417. The van der Waals surface area contributed by atoms with E-state index >= 15 is 0 Å². The van der Waals surface area contributed by atoms with Gasteiger partial charge in [0.2, 0.25) is 3.95 Å². The van der Waals surface area contributed by atoms with Gasteiger partial charge in [-0.2, -0.15) is 9.67 Å². The van der Waals surface area contributed by atoms with Gasteiger partial charge >= 0.3 is 5.13 Å². The summed E-state index contributed by atoms with van der Waals surface area (Å²) in [5.74, 6) is 0. The first kappa shape index (κ1) is 12.4. The Labute approximate surface area is 110 Å². The molecule has 1 N–H and O–H groups in total. The van der Waals surface area contributed by atoms with Crippen molar-refractivity contribution in [3.8, 4) is 5.13 Å². The normalized spacial score (nSPS) is 10.9. The summed E-state index contributed by atoms with van der Waals surface area (Å²) >= 11 is 6.60. The molecule has 2 aromatic rings. The van der Waals surface area contributed by atoms with E-state index in [0.29, 0.717) is 3.95 Å². The van der Waals surface area contributed by atoms with Gasteiger partial charge < -0.3 is 0 Å². The van der Waals surface area contributed by atoms with Crippen LogP contribution in [0.1, 0.15) is 28.1 Å². The van der Waals surface area contributed by atoms with Gasteiger partial charge in [0.15, 0.2) is 0 Å². The third kappa shape index (κ3) is 1.93. The lowest BCUT2D eigenvalue weighted by Gasteiger charge is -2.13. The lowest BCUT2D eigenvalue weighted by molar-refractivity contribution is -0.610. The zero-order valence-corrected chi connectivity index (χ0v) is 12.3. The highest BCUT2D eigenvalue weighted by Crippen LogP contribution is 2.18. The number of nitrogens with one attached hydrogen (secondary N) is 1. The van der Waals surface area contributed by atoms with Crippen LogP contribution in [0.25, 0.3) is 5.13 Å². The van der Waals surface area contributed by atoms with Crippen LogP contribution in [0.2, 0.25) is 0 Å². The second-order valence-electron chi connectivity index (χ2n) is 4.28. The molecule has 0 aliphatic rings. The second-order valence-corrected chi connectivity index (χ2v) is 5.92. The molecule has 0 saturated carbocycles. The second kappa shape index (κ2) is 4.31. The Morgan fingerprint density at radius 1 is 1.00 bits per heavy atom. The zero-order valence-electron chi connectivity index (χ0n) is 10.7. The summed E-state index contributed by atoms with van der Waals surface area (Å²) in [6.07, 6.45) is 0. The van der Waals surface area contributed by atoms with Gasteiger partial charge in [-0.15, -0.1) is 0 Å². The minimum atomic E-state index is 0.710. The van der Waals surface area contributed by atoms with Crippen molar-refractivity contribution >= 4 is 23.6 Å². The summed E-state index contributed by atoms with van der Waals surface area (Å²) in [5, 5.41) is 8.02. The van der Waals surface area contributed by atoms with Crippen LogP contribution in [0, 0.1) is 38.6 Å². The Morgan fingerprint density at radius 2 is 1.53 bits per heavy atom. The van der Waals surface area contributed by atoms with Crippen LogP contribution in [0.4, 0.5) is 0 Å². The van der Waals surface area contributed by atoms with Crippen molar-refractivity contribution in [3.63, 3.8) is 0 Å². The lowest BCUT2D eigenvalue weighted by atomic mass is 10.0. The fourth-order valence-electron chi connectivity index (χ4n) is 2.02. The van der Waals surface area contributed by atoms with E-state index in [1.54, 1.807) is 0 Å². The number of hydrogen-bond acceptors (Lipinski definition) is 3. The monoisotopic (exact) mass is 266 g/mol. The molecule has 0 aliphatic carbocycles. The number of nitrogens with zero attached hydrogens (tertiary/aromatic N) is 2. The predicted octanol–water partition coefficient (Wildman–Crippen LogP) is 3.02. The van der Waals surface area contributed by atoms with Crippen LogP contribution in [-0.2, 0) is 0 Å². The number of rotatable bonds is 1. The van der Waals surface area contributed by atoms with Crippen molar-refractivity contribution in [2.75, 3.05) is 0 Å². The summed E-state index contributed by atoms with van der Waals surface area (Å²) in [7, 11) is 0. The van der Waals surface area contributed by atoms with Gasteiger partial charge in [-0.05, 0) is 74.9 Å². The van der Waals surface area contributed by atoms with E-state index in [1.165, 1.54) is 39.4 Å². The first-order chi connectivity index (χ1) is 7.93. The van der Waals surface area contributed by atoms with Gasteiger partial charge in [0.1, 0.15) is 11.4 Å². The standard InChI is InChI=1S/C12H15N3S2/c1-6-7(2)9(4)15(10(5)8(6)3)11-13-14-12(16)17-11/h1-5H3/p+1. The molecule has 5 heteroatoms. The molecule has 17 heavy (non-hydrogen) atoms. The van der Waals surface area contributed by atoms with E-state index in [4.69, 9.17) is 12.2 Å². The van der Waals surface area contributed by atoms with E-state index < -0.39 is 0 Å². The molecule has 2 heterocycles. The Bertz CT molecular complexity index is 609. The van der Waals surface area contributed by atoms with Crippen molar-refractivity contribution in [1.29, 1.82) is 0 Å². The number of H-pyrrole nitrogens is 1. The molecule has 0 amide bonds. The molecular formula is C12H16N3S2+. The van der Waals surface area contributed by atoms with Crippen LogP contribution in [0.15, 0.2) is 0 Å². The fourth-order valence-corrected chi connectivity index (χ4v) is 3.00. The summed E-state index contributed by atoms with van der Waals surface area (Å²) in [6, 6.07) is 0. The number of aromatic amines is 1. The summed E-state index contributed by atoms with van der Waals surface area (Å²) in [4.78, 5) is 0. The Balaban J connectivity index is 2.83. The van der Waals surface area contributed by atoms with Crippen molar-refractivity contribution in [2.24, 2.45) is 0 Å². The highest BCUT2D eigenvalue weighted by atomic mass is 32.1. The van der Waals surface area contributed by atoms with Crippen molar-refractivity contribution < 1.29 is 4.57 Å². The van der Waals surface area contributed by atoms with E-state index in [1.807, 2.05) is 0 Å². The van der Waals surface area contributed by atoms with E-state index in [-0.39, 0.29) is 0 Å². The molecule has 0 saturated heterocycles. The summed E-state index contributed by atoms with van der Waals surface area (Å²) < 4.78 is 2.89. The van der Waals surface area contributed by atoms with Crippen molar-refractivity contribution in [1.82, 2.24) is 10.2 Å². The highest BCUT2D eigenvalue weighted by molar-refractivity contribution is 7.73. The average molecular weight is 266 g/mol. The predicted molar refractivity (Wildman–Crippen MR) is 72.5 cm³/mol. The van der Waals surface area contributed by atoms with Gasteiger partial charge in [0.25, 0.3) is 0 Å². The maximum absolute atomic E-state index is 5.10. The molecule has 0 bridgehead atoms. The largest absolute Gasteiger partial charge is 0.413 e. The number of aromatic nitrogens is 3. The van der Waals surface area contributed by atoms with Gasteiger partial charge in [0.05, 0.1) is 5.10 Å². The average Bonchev–Trinajstić information content (AvgIpc) is 2.71. The van der Waals surface area contributed by atoms with E-state index in [0.717, 1.165) is 5.13 Å². The Morgan fingerprint density at radius 3 is 1.94 bits per heavy atom. The minimum absolute atomic E-state index is 0.710. The van der Waals surface area contributed by atoms with Crippen LogP contribution in [0.3, 0.4) is 0 Å². The van der Waals surface area contributed by atoms with Crippen LogP contribution >= 0.6 is 23.6 Å². The van der Waals surface area contributed by atoms with Crippen LogP contribution < -0.4 is 4.57 Å². The lowest BCUT2D eigenvalue weighted by Crippen LogP contribution is -2.39. The first-order valence-corrected chi connectivity index (χ1v) is 6.71. The first-order valence-electron chi connectivity index (χ1n) is 5.48. The molecule has 0 radical (unpaired) electrons. The molecule has 0 atom stereocenters. The SMILES string of the molecule is Cc1c(C)c(C)[n+](-c2n[nH]c(=S)s2)c(C)c1C. The third-order valence-electron chi connectivity index (χ3n) is 3.50. The van der Waals surface area contributed by atoms with Crippen LogP contribution in [-0.4, -0.2) is 10.2 Å².